The van der Waals surface area contributed by atoms with Gasteiger partial charge in [-0.1, -0.05) is 30.3 Å². The predicted molar refractivity (Wildman–Crippen MR) is 154 cm³/mol. The van der Waals surface area contributed by atoms with E-state index in [4.69, 9.17) is 10.7 Å². The number of hydrogen-bond acceptors (Lipinski definition) is 9. The SMILES string of the molecule is N#Cc1ccccc1Cn1c(N2CCCC(N)C2)nc2cc(C(=O)NC(Cc3ccc(O)cc3)C(=O)O)sc2c1=O. The number of nitrogens with one attached hydrogen (secondary N) is 1. The van der Waals surface area contributed by atoms with Crippen LogP contribution in [0.4, 0.5) is 5.95 Å². The zero-order valence-electron chi connectivity index (χ0n) is 22.0. The highest BCUT2D eigenvalue weighted by Crippen LogP contribution is 2.26. The summed E-state index contributed by atoms with van der Waals surface area (Å²) in [5.41, 5.74) is 7.92. The monoisotopic (exact) mass is 572 g/mol. The number of thiophene rings is 1. The number of aromatic nitrogens is 2. The van der Waals surface area contributed by atoms with Crippen molar-refractivity contribution >= 4 is 39.4 Å². The number of hydrogen-bond donors (Lipinski definition) is 4. The Balaban J connectivity index is 1.51. The first-order valence-corrected chi connectivity index (χ1v) is 13.9. The van der Waals surface area contributed by atoms with Gasteiger partial charge in [0.25, 0.3) is 11.5 Å². The molecular formula is C29H28N6O5S. The van der Waals surface area contributed by atoms with Crippen LogP contribution in [0.2, 0.25) is 0 Å². The molecule has 0 bridgehead atoms. The number of benzene rings is 2. The summed E-state index contributed by atoms with van der Waals surface area (Å²) in [6.45, 7) is 1.27. The number of aliphatic carboxylic acids is 1. The Kier molecular flexibility index (Phi) is 8.00. The van der Waals surface area contributed by atoms with Crippen molar-refractivity contribution < 1.29 is 19.8 Å². The molecule has 2 unspecified atom stereocenters. The van der Waals surface area contributed by atoms with E-state index in [1.54, 1.807) is 36.4 Å². The highest BCUT2D eigenvalue weighted by molar-refractivity contribution is 7.20. The summed E-state index contributed by atoms with van der Waals surface area (Å²) in [7, 11) is 0. The van der Waals surface area contributed by atoms with Gasteiger partial charge in [-0.15, -0.1) is 11.3 Å². The van der Waals surface area contributed by atoms with E-state index in [-0.39, 0.29) is 39.9 Å². The lowest BCUT2D eigenvalue weighted by Crippen LogP contribution is -2.45. The maximum absolute atomic E-state index is 13.9. The second-order valence-electron chi connectivity index (χ2n) is 9.98. The van der Waals surface area contributed by atoms with Crippen LogP contribution in [-0.4, -0.2) is 56.8 Å². The lowest BCUT2D eigenvalue weighted by atomic mass is 10.1. The van der Waals surface area contributed by atoms with E-state index in [1.165, 1.54) is 22.8 Å². The summed E-state index contributed by atoms with van der Waals surface area (Å²) >= 11 is 0.942. The number of piperidine rings is 1. The zero-order valence-corrected chi connectivity index (χ0v) is 22.8. The van der Waals surface area contributed by atoms with E-state index in [0.29, 0.717) is 41.2 Å². The number of carbonyl (C=O) groups excluding carboxylic acids is 1. The molecule has 4 aromatic rings. The van der Waals surface area contributed by atoms with Crippen LogP contribution in [0.5, 0.6) is 5.75 Å². The number of amides is 1. The van der Waals surface area contributed by atoms with E-state index in [1.807, 2.05) is 4.90 Å². The van der Waals surface area contributed by atoms with Crippen LogP contribution < -0.4 is 21.5 Å². The fourth-order valence-electron chi connectivity index (χ4n) is 4.92. The van der Waals surface area contributed by atoms with E-state index in [2.05, 4.69) is 11.4 Å². The predicted octanol–water partition coefficient (Wildman–Crippen LogP) is 2.44. The van der Waals surface area contributed by atoms with Gasteiger partial charge in [-0.2, -0.15) is 5.26 Å². The van der Waals surface area contributed by atoms with Gasteiger partial charge in [-0.05, 0) is 48.2 Å². The van der Waals surface area contributed by atoms with Crippen molar-refractivity contribution in [2.75, 3.05) is 18.0 Å². The van der Waals surface area contributed by atoms with Crippen LogP contribution in [0.3, 0.4) is 0 Å². The van der Waals surface area contributed by atoms with Crippen molar-refractivity contribution in [1.29, 1.82) is 5.26 Å². The first-order chi connectivity index (χ1) is 19.7. The summed E-state index contributed by atoms with van der Waals surface area (Å²) in [6.07, 6.45) is 1.70. The van der Waals surface area contributed by atoms with Crippen LogP contribution in [-0.2, 0) is 17.8 Å². The fourth-order valence-corrected chi connectivity index (χ4v) is 5.87. The first kappa shape index (κ1) is 27.8. The molecule has 1 fully saturated rings. The molecule has 210 valence electrons. The molecule has 0 aliphatic carbocycles. The molecule has 2 atom stereocenters. The Labute approximate surface area is 239 Å². The van der Waals surface area contributed by atoms with Gasteiger partial charge in [0, 0.05) is 25.6 Å². The number of fused-ring (bicyclic) bond motifs is 1. The van der Waals surface area contributed by atoms with Crippen molar-refractivity contribution in [2.45, 2.75) is 37.9 Å². The maximum atomic E-state index is 13.9. The summed E-state index contributed by atoms with van der Waals surface area (Å²) in [5.74, 6) is -1.39. The number of nitrogens with two attached hydrogens (primary N) is 1. The minimum absolute atomic E-state index is 0.00890. The molecule has 5 rings (SSSR count). The van der Waals surface area contributed by atoms with Gasteiger partial charge >= 0.3 is 5.97 Å². The number of carboxylic acid groups (broad SMARTS) is 1. The number of nitriles is 1. The van der Waals surface area contributed by atoms with Gasteiger partial charge < -0.3 is 26.2 Å². The van der Waals surface area contributed by atoms with Crippen LogP contribution in [0.1, 0.15) is 39.2 Å². The number of carboxylic acids is 1. The molecule has 11 nitrogen and oxygen atoms in total. The third-order valence-corrected chi connectivity index (χ3v) is 8.14. The third-order valence-electron chi connectivity index (χ3n) is 7.02. The highest BCUT2D eigenvalue weighted by Gasteiger charge is 2.26. The van der Waals surface area contributed by atoms with Gasteiger partial charge in [0.2, 0.25) is 5.95 Å². The quantitative estimate of drug-likeness (QED) is 0.247. The van der Waals surface area contributed by atoms with Crippen molar-refractivity contribution in [3.63, 3.8) is 0 Å². The number of phenolic OH excluding ortho intramolecular Hbond substituents is 1. The molecule has 5 N–H and O–H groups in total. The summed E-state index contributed by atoms with van der Waals surface area (Å²) < 4.78 is 1.76. The zero-order chi connectivity index (χ0) is 29.1. The van der Waals surface area contributed by atoms with Crippen LogP contribution in [0.25, 0.3) is 10.2 Å². The van der Waals surface area contributed by atoms with E-state index >= 15 is 0 Å². The Hall–Kier alpha value is -4.73. The van der Waals surface area contributed by atoms with Crippen molar-refractivity contribution in [1.82, 2.24) is 14.9 Å². The molecule has 12 heteroatoms. The van der Waals surface area contributed by atoms with Gasteiger partial charge in [0.05, 0.1) is 28.6 Å². The van der Waals surface area contributed by atoms with Crippen molar-refractivity contribution in [3.8, 4) is 11.8 Å². The molecule has 0 radical (unpaired) electrons. The number of rotatable bonds is 8. The molecule has 3 heterocycles. The van der Waals surface area contributed by atoms with Crippen molar-refractivity contribution in [3.05, 3.63) is 86.5 Å². The minimum Gasteiger partial charge on any atom is -0.508 e. The Bertz CT molecular complexity index is 1710. The standard InChI is InChI=1S/C29H28N6O5S/c30-14-18-4-1-2-5-19(18)15-35-27(38)25-22(33-29(35)34-11-3-6-20(31)16-34)13-24(41-25)26(37)32-23(28(39)40)12-17-7-9-21(36)10-8-17/h1-2,4-5,7-10,13,20,23,36H,3,6,11-12,15-16,31H2,(H,32,37)(H,39,40). The average Bonchev–Trinajstić information content (AvgIpc) is 3.40. The van der Waals surface area contributed by atoms with Gasteiger partial charge in [-0.3, -0.25) is 14.2 Å². The molecule has 0 saturated carbocycles. The lowest BCUT2D eigenvalue weighted by molar-refractivity contribution is -0.139. The van der Waals surface area contributed by atoms with Crippen LogP contribution >= 0.6 is 11.3 Å². The molecule has 0 spiro atoms. The van der Waals surface area contributed by atoms with Crippen LogP contribution in [0.15, 0.2) is 59.4 Å². The van der Waals surface area contributed by atoms with Crippen molar-refractivity contribution in [2.24, 2.45) is 5.73 Å². The molecule has 2 aromatic heterocycles. The summed E-state index contributed by atoms with van der Waals surface area (Å²) in [5, 5.41) is 31.3. The lowest BCUT2D eigenvalue weighted by Gasteiger charge is -2.33. The smallest absolute Gasteiger partial charge is 0.326 e. The van der Waals surface area contributed by atoms with Crippen LogP contribution in [0, 0.1) is 11.3 Å². The number of aromatic hydroxyl groups is 1. The fraction of sp³-hybridized carbons (Fsp3) is 0.276. The molecule has 2 aromatic carbocycles. The number of anilines is 1. The molecular weight excluding hydrogens is 544 g/mol. The van der Waals surface area contributed by atoms with E-state index in [0.717, 1.165) is 24.2 Å². The summed E-state index contributed by atoms with van der Waals surface area (Å²) in [4.78, 5) is 45.8. The average molecular weight is 573 g/mol. The van der Waals surface area contributed by atoms with E-state index < -0.39 is 17.9 Å². The second-order valence-corrected chi connectivity index (χ2v) is 11.0. The minimum atomic E-state index is -1.23. The number of phenols is 1. The second kappa shape index (κ2) is 11.8. The topological polar surface area (TPSA) is 175 Å². The third kappa shape index (κ3) is 6.06. The molecule has 1 amide bonds. The number of carbonyl (C=O) groups is 2. The Morgan fingerprint density at radius 3 is 2.68 bits per heavy atom. The largest absolute Gasteiger partial charge is 0.508 e. The molecule has 41 heavy (non-hydrogen) atoms. The molecule has 1 aliphatic heterocycles. The maximum Gasteiger partial charge on any atom is 0.326 e. The van der Waals surface area contributed by atoms with E-state index in [9.17, 15) is 29.9 Å². The number of nitrogens with zero attached hydrogens (tertiary/aromatic N) is 4. The Morgan fingerprint density at radius 2 is 1.98 bits per heavy atom. The van der Waals surface area contributed by atoms with Gasteiger partial charge in [-0.25, -0.2) is 9.78 Å². The normalized spacial score (nSPS) is 15.8. The summed E-state index contributed by atoms with van der Waals surface area (Å²) in [6, 6.07) is 15.4. The molecule has 1 saturated heterocycles. The first-order valence-electron chi connectivity index (χ1n) is 13.1. The Morgan fingerprint density at radius 1 is 1.22 bits per heavy atom. The highest BCUT2D eigenvalue weighted by atomic mass is 32.1. The van der Waals surface area contributed by atoms with Gasteiger partial charge in [0.1, 0.15) is 16.5 Å². The molecule has 1 aliphatic rings. The van der Waals surface area contributed by atoms with Gasteiger partial charge in [0.15, 0.2) is 0 Å².